The van der Waals surface area contributed by atoms with Crippen LogP contribution in [0.3, 0.4) is 0 Å². The van der Waals surface area contributed by atoms with E-state index in [9.17, 15) is 34.8 Å². The molecule has 2 aromatic rings. The minimum absolute atomic E-state index is 0.00468. The monoisotopic (exact) mass is 628 g/mol. The van der Waals surface area contributed by atoms with E-state index in [4.69, 9.17) is 0 Å². The summed E-state index contributed by atoms with van der Waals surface area (Å²) in [6, 6.07) is 10.1. The fourth-order valence-electron chi connectivity index (χ4n) is 5.27. The number of rotatable bonds is 10. The molecule has 2 atom stereocenters. The van der Waals surface area contributed by atoms with Crippen LogP contribution in [-0.2, 0) is 37.4 Å². The first-order valence-corrected chi connectivity index (χ1v) is 16.6. The van der Waals surface area contributed by atoms with Gasteiger partial charge in [-0.25, -0.2) is 21.6 Å². The standard InChI is InChI=1S/C28H35F3N4O5S2/c1-3-41(37,38)32-20-24-5-4-14-35(24)42(39,40)25-12-8-22(9-13-25)26(27(36)34-17-15-33(2)16-18-34)19-21-6-10-23(11-7-21)28(29,30)31/h3,6-13,24,26,32H,1,4-5,14-20H2,2H3/t24-,26?/m1/s1. The molecule has 0 saturated carbocycles. The third kappa shape index (κ3) is 7.59. The lowest BCUT2D eigenvalue weighted by Crippen LogP contribution is -2.48. The molecule has 0 spiro atoms. The number of halogens is 3. The van der Waals surface area contributed by atoms with Crippen LogP contribution in [-0.4, -0.2) is 89.2 Å². The summed E-state index contributed by atoms with van der Waals surface area (Å²) in [4.78, 5) is 17.5. The zero-order chi connectivity index (χ0) is 30.7. The van der Waals surface area contributed by atoms with Crippen molar-refractivity contribution in [1.29, 1.82) is 0 Å². The number of hydrogen-bond donors (Lipinski definition) is 1. The molecule has 0 aliphatic carbocycles. The van der Waals surface area contributed by atoms with Crippen LogP contribution in [0.15, 0.2) is 65.4 Å². The van der Waals surface area contributed by atoms with Crippen LogP contribution < -0.4 is 4.72 Å². The highest BCUT2D eigenvalue weighted by molar-refractivity contribution is 7.92. The van der Waals surface area contributed by atoms with Gasteiger partial charge in [-0.3, -0.25) is 4.79 Å². The van der Waals surface area contributed by atoms with E-state index >= 15 is 0 Å². The predicted octanol–water partition coefficient (Wildman–Crippen LogP) is 3.02. The topological polar surface area (TPSA) is 107 Å². The lowest BCUT2D eigenvalue weighted by atomic mass is 9.90. The van der Waals surface area contributed by atoms with Gasteiger partial charge in [0.1, 0.15) is 0 Å². The summed E-state index contributed by atoms with van der Waals surface area (Å²) in [5, 5.41) is 0.768. The Balaban J connectivity index is 1.58. The SMILES string of the molecule is C=CS(=O)(=O)NC[C@H]1CCCN1S(=O)(=O)c1ccc(C(Cc2ccc(C(F)(F)F)cc2)C(=O)N2CCN(C)CC2)cc1. The molecule has 14 heteroatoms. The number of sulfonamides is 2. The second-order valence-corrected chi connectivity index (χ2v) is 14.2. The molecule has 2 saturated heterocycles. The van der Waals surface area contributed by atoms with Gasteiger partial charge in [0, 0.05) is 50.7 Å². The van der Waals surface area contributed by atoms with E-state index in [2.05, 4.69) is 16.2 Å². The van der Waals surface area contributed by atoms with Gasteiger partial charge in [-0.2, -0.15) is 17.5 Å². The van der Waals surface area contributed by atoms with E-state index in [0.717, 1.165) is 17.5 Å². The average molecular weight is 629 g/mol. The van der Waals surface area contributed by atoms with Crippen molar-refractivity contribution in [1.82, 2.24) is 18.8 Å². The Hall–Kier alpha value is -2.78. The highest BCUT2D eigenvalue weighted by Gasteiger charge is 2.36. The summed E-state index contributed by atoms with van der Waals surface area (Å²) < 4.78 is 93.4. The van der Waals surface area contributed by atoms with Gasteiger partial charge in [0.25, 0.3) is 0 Å². The van der Waals surface area contributed by atoms with Crippen molar-refractivity contribution in [2.24, 2.45) is 0 Å². The summed E-state index contributed by atoms with van der Waals surface area (Å²) in [6.45, 7) is 5.80. The van der Waals surface area contributed by atoms with E-state index < -0.39 is 43.7 Å². The first-order valence-electron chi connectivity index (χ1n) is 13.6. The molecular weight excluding hydrogens is 593 g/mol. The molecule has 1 N–H and O–H groups in total. The molecule has 4 rings (SSSR count). The van der Waals surface area contributed by atoms with Crippen LogP contribution in [0.25, 0.3) is 0 Å². The number of hydrogen-bond acceptors (Lipinski definition) is 6. The molecular formula is C28H35F3N4O5S2. The van der Waals surface area contributed by atoms with Crippen LogP contribution in [0.4, 0.5) is 13.2 Å². The van der Waals surface area contributed by atoms with Crippen LogP contribution in [0, 0.1) is 0 Å². The number of carbonyl (C=O) groups excluding carboxylic acids is 1. The zero-order valence-corrected chi connectivity index (χ0v) is 24.9. The molecule has 230 valence electrons. The van der Waals surface area contributed by atoms with Gasteiger partial charge in [-0.15, -0.1) is 0 Å². The first-order chi connectivity index (χ1) is 19.7. The second-order valence-electron chi connectivity index (χ2n) is 10.6. The Bertz CT molecular complexity index is 1470. The molecule has 1 unspecified atom stereocenters. The van der Waals surface area contributed by atoms with E-state index in [1.54, 1.807) is 17.0 Å². The lowest BCUT2D eigenvalue weighted by molar-refractivity contribution is -0.137. The molecule has 0 radical (unpaired) electrons. The summed E-state index contributed by atoms with van der Waals surface area (Å²) in [5.41, 5.74) is 0.323. The molecule has 42 heavy (non-hydrogen) atoms. The predicted molar refractivity (Wildman–Crippen MR) is 152 cm³/mol. The van der Waals surface area contributed by atoms with Crippen molar-refractivity contribution >= 4 is 26.0 Å². The smallest absolute Gasteiger partial charge is 0.340 e. The van der Waals surface area contributed by atoms with Crippen molar-refractivity contribution in [3.05, 3.63) is 77.2 Å². The Morgan fingerprint density at radius 3 is 2.19 bits per heavy atom. The first kappa shape index (κ1) is 32.1. The maximum Gasteiger partial charge on any atom is 0.416 e. The molecule has 2 fully saturated rings. The third-order valence-electron chi connectivity index (χ3n) is 7.79. The summed E-state index contributed by atoms with van der Waals surface area (Å²) in [6.07, 6.45) is -3.26. The Morgan fingerprint density at radius 2 is 1.62 bits per heavy atom. The highest BCUT2D eigenvalue weighted by atomic mass is 32.2. The molecule has 2 aliphatic rings. The Morgan fingerprint density at radius 1 is 1.00 bits per heavy atom. The fourth-order valence-corrected chi connectivity index (χ4v) is 7.50. The van der Waals surface area contributed by atoms with Crippen molar-refractivity contribution in [3.8, 4) is 0 Å². The van der Waals surface area contributed by atoms with Crippen LogP contribution >= 0.6 is 0 Å². The number of carbonyl (C=O) groups is 1. The van der Waals surface area contributed by atoms with Gasteiger partial charge >= 0.3 is 6.18 Å². The van der Waals surface area contributed by atoms with Crippen molar-refractivity contribution < 1.29 is 34.8 Å². The fraction of sp³-hybridized carbons (Fsp3) is 0.464. The number of piperazine rings is 1. The second kappa shape index (κ2) is 12.8. The summed E-state index contributed by atoms with van der Waals surface area (Å²) in [7, 11) is -5.72. The van der Waals surface area contributed by atoms with E-state index in [0.29, 0.717) is 50.1 Å². The number of nitrogens with zero attached hydrogens (tertiary/aromatic N) is 3. The molecule has 0 bridgehead atoms. The maximum absolute atomic E-state index is 13.7. The van der Waals surface area contributed by atoms with Crippen molar-refractivity contribution in [3.63, 3.8) is 0 Å². The minimum atomic E-state index is -4.47. The largest absolute Gasteiger partial charge is 0.416 e. The molecule has 2 aliphatic heterocycles. The van der Waals surface area contributed by atoms with Gasteiger partial charge in [-0.05, 0) is 61.7 Å². The number of nitrogens with one attached hydrogen (secondary N) is 1. The van der Waals surface area contributed by atoms with Crippen LogP contribution in [0.1, 0.15) is 35.4 Å². The minimum Gasteiger partial charge on any atom is -0.340 e. The molecule has 2 aromatic carbocycles. The number of alkyl halides is 3. The van der Waals surface area contributed by atoms with Crippen molar-refractivity contribution in [2.45, 2.75) is 42.3 Å². The van der Waals surface area contributed by atoms with E-state index in [1.807, 2.05) is 7.05 Å². The maximum atomic E-state index is 13.7. The van der Waals surface area contributed by atoms with E-state index in [1.165, 1.54) is 28.6 Å². The summed E-state index contributed by atoms with van der Waals surface area (Å²) in [5.74, 6) is -0.901. The molecule has 9 nitrogen and oxygen atoms in total. The highest BCUT2D eigenvalue weighted by Crippen LogP contribution is 2.32. The number of likely N-dealkylation sites (N-methyl/N-ethyl adjacent to an activating group) is 1. The van der Waals surface area contributed by atoms with Gasteiger partial charge in [-0.1, -0.05) is 30.8 Å². The number of amides is 1. The van der Waals surface area contributed by atoms with E-state index in [-0.39, 0.29) is 30.3 Å². The van der Waals surface area contributed by atoms with Crippen LogP contribution in [0.2, 0.25) is 0 Å². The van der Waals surface area contributed by atoms with Gasteiger partial charge in [0.2, 0.25) is 26.0 Å². The van der Waals surface area contributed by atoms with Gasteiger partial charge < -0.3 is 9.80 Å². The Kier molecular flexibility index (Phi) is 9.82. The molecule has 0 aromatic heterocycles. The molecule has 1 amide bonds. The lowest BCUT2D eigenvalue weighted by Gasteiger charge is -2.35. The Labute approximate surface area is 245 Å². The summed E-state index contributed by atoms with van der Waals surface area (Å²) >= 11 is 0. The average Bonchev–Trinajstić information content (AvgIpc) is 3.45. The normalized spacial score (nSPS) is 20.0. The third-order valence-corrected chi connectivity index (χ3v) is 10.8. The van der Waals surface area contributed by atoms with Crippen LogP contribution in [0.5, 0.6) is 0 Å². The van der Waals surface area contributed by atoms with Crippen molar-refractivity contribution in [2.75, 3.05) is 46.3 Å². The molecule has 2 heterocycles. The van der Waals surface area contributed by atoms with Gasteiger partial charge in [0.05, 0.1) is 16.4 Å². The zero-order valence-electron chi connectivity index (χ0n) is 23.3. The van der Waals surface area contributed by atoms with Gasteiger partial charge in [0.15, 0.2) is 0 Å². The quantitative estimate of drug-likeness (QED) is 0.434. The number of benzene rings is 2.